The number of alkyl halides is 4. The molecular formula is C10H14Cl3FN6O15S2. The SMILES string of the molecule is CC(COS(OCC(C)([N+](=O)[O-])[N+](=O)[O-])(SCOCC(F)([N+](=O)[O-])[N+](=O)[O-])C(Cl)(Cl)Cl)([N+](=O)[O-])[N+](=O)[O-]. The number of nitrogens with zero attached hydrogens (tertiary/aromatic N) is 6. The normalized spacial score (nSPS) is 13.6. The van der Waals surface area contributed by atoms with Gasteiger partial charge in [-0.25, -0.2) is 0 Å². The van der Waals surface area contributed by atoms with Crippen molar-refractivity contribution in [3.63, 3.8) is 0 Å². The molecule has 27 heteroatoms. The zero-order chi connectivity index (χ0) is 29.6. The molecule has 0 heterocycles. The van der Waals surface area contributed by atoms with Gasteiger partial charge in [0.15, 0.2) is 0 Å². The molecule has 0 atom stereocenters. The number of nitro groups is 6. The second-order valence-electron chi connectivity index (χ2n) is 6.70. The fraction of sp³-hybridized carbons (Fsp3) is 1.00. The molecule has 21 nitrogen and oxygen atoms in total. The minimum absolute atomic E-state index is 0.113. The van der Waals surface area contributed by atoms with Crippen LogP contribution < -0.4 is 0 Å². The summed E-state index contributed by atoms with van der Waals surface area (Å²) in [5.41, 5.74) is -6.33. The van der Waals surface area contributed by atoms with E-state index in [-0.39, 0.29) is 10.8 Å². The molecule has 0 rings (SSSR count). The second-order valence-corrected chi connectivity index (χ2v) is 14.1. The summed E-state index contributed by atoms with van der Waals surface area (Å²) in [5, 5.41) is 66.1. The Morgan fingerprint density at radius 2 is 1.03 bits per heavy atom. The molecule has 0 aromatic carbocycles. The lowest BCUT2D eigenvalue weighted by Crippen LogP contribution is -2.49. The van der Waals surface area contributed by atoms with Crippen LogP contribution in [0.3, 0.4) is 0 Å². The third kappa shape index (κ3) is 7.88. The lowest BCUT2D eigenvalue weighted by molar-refractivity contribution is -0.833. The molecule has 0 amide bonds. The average molecular weight is 648 g/mol. The van der Waals surface area contributed by atoms with Crippen molar-refractivity contribution in [1.82, 2.24) is 0 Å². The third-order valence-electron chi connectivity index (χ3n) is 3.96. The molecule has 0 radical (unpaired) electrons. The largest absolute Gasteiger partial charge is 0.637 e. The van der Waals surface area contributed by atoms with Gasteiger partial charge in [-0.15, -0.1) is 0 Å². The van der Waals surface area contributed by atoms with Crippen LogP contribution in [0.15, 0.2) is 0 Å². The summed E-state index contributed by atoms with van der Waals surface area (Å²) in [6.07, 6.45) is 0. The van der Waals surface area contributed by atoms with E-state index in [4.69, 9.17) is 43.2 Å². The second kappa shape index (κ2) is 12.5. The monoisotopic (exact) mass is 646 g/mol. The summed E-state index contributed by atoms with van der Waals surface area (Å²) in [5.74, 6) is -5.57. The van der Waals surface area contributed by atoms with E-state index in [0.717, 1.165) is 0 Å². The maximum Gasteiger partial charge on any atom is 0.637 e. The molecule has 37 heavy (non-hydrogen) atoms. The standard InChI is InChI=1S/C10H14Cl3FN6O15S2/c1-7(15(21)22,16(23)24)3-34-37(10(11,12)13,35-4-8(2,17(25)26)18(27)28)36-6-33-5-9(14,19(29)30)20(31)32/h3-6H2,1-2H3. The van der Waals surface area contributed by atoms with Gasteiger partial charge in [0, 0.05) is 0 Å². The van der Waals surface area contributed by atoms with Crippen LogP contribution in [-0.4, -0.2) is 75.7 Å². The van der Waals surface area contributed by atoms with Crippen LogP contribution in [0.25, 0.3) is 0 Å². The van der Waals surface area contributed by atoms with E-state index in [0.29, 0.717) is 13.8 Å². The molecule has 0 saturated carbocycles. The first-order valence-electron chi connectivity index (χ1n) is 8.50. The van der Waals surface area contributed by atoms with Gasteiger partial charge < -0.3 is 4.74 Å². The number of halogens is 4. The van der Waals surface area contributed by atoms with E-state index < -0.39 is 85.3 Å². The van der Waals surface area contributed by atoms with Crippen molar-refractivity contribution in [2.24, 2.45) is 0 Å². The minimum Gasteiger partial charge on any atom is -0.351 e. The highest BCUT2D eigenvalue weighted by molar-refractivity contribution is 8.91. The smallest absolute Gasteiger partial charge is 0.351 e. The minimum atomic E-state index is -4.37. The van der Waals surface area contributed by atoms with Gasteiger partial charge in [-0.2, -0.15) is 0 Å². The molecule has 214 valence electrons. The summed E-state index contributed by atoms with van der Waals surface area (Å²) in [6, 6.07) is 0. The van der Waals surface area contributed by atoms with Crippen LogP contribution in [0, 0.1) is 60.7 Å². The molecule has 0 aliphatic heterocycles. The van der Waals surface area contributed by atoms with Crippen molar-refractivity contribution in [2.45, 2.75) is 34.2 Å². The summed E-state index contributed by atoms with van der Waals surface area (Å²) < 4.78 is 25.4. The molecule has 0 saturated heterocycles. The van der Waals surface area contributed by atoms with Gasteiger partial charge in [0.1, 0.15) is 35.5 Å². The summed E-state index contributed by atoms with van der Waals surface area (Å²) in [6.45, 7) is -4.19. The summed E-state index contributed by atoms with van der Waals surface area (Å²) >= 11 is 17.3. The molecule has 0 fully saturated rings. The van der Waals surface area contributed by atoms with Gasteiger partial charge in [0.25, 0.3) is 3.12 Å². The van der Waals surface area contributed by atoms with Crippen LogP contribution in [0.2, 0.25) is 0 Å². The Balaban J connectivity index is 6.31. The first-order valence-corrected chi connectivity index (χ1v) is 12.6. The average Bonchev–Trinajstić information content (AvgIpc) is 2.75. The molecule has 0 N–H and O–H groups in total. The number of hydrogen-bond acceptors (Lipinski definition) is 16. The maximum absolute atomic E-state index is 13.9. The predicted octanol–water partition coefficient (Wildman–Crippen LogP) is 2.32. The Morgan fingerprint density at radius 3 is 1.27 bits per heavy atom. The van der Waals surface area contributed by atoms with Gasteiger partial charge in [-0.3, -0.25) is 69.1 Å². The Bertz CT molecular complexity index is 872. The van der Waals surface area contributed by atoms with Crippen LogP contribution in [0.4, 0.5) is 4.39 Å². The quantitative estimate of drug-likeness (QED) is 0.0416. The topological polar surface area (TPSA) is 287 Å². The highest BCUT2D eigenvalue weighted by Crippen LogP contribution is 2.75. The van der Waals surface area contributed by atoms with E-state index in [9.17, 15) is 65.1 Å². The number of rotatable bonds is 17. The predicted molar refractivity (Wildman–Crippen MR) is 121 cm³/mol. The molecular weight excluding hydrogens is 634 g/mol. The van der Waals surface area contributed by atoms with Crippen LogP contribution >= 0.6 is 55.2 Å². The molecule has 0 aromatic heterocycles. The number of hydrogen-bond donors (Lipinski definition) is 0. The van der Waals surface area contributed by atoms with Gasteiger partial charge in [0.05, 0.1) is 13.8 Å². The van der Waals surface area contributed by atoms with E-state index in [2.05, 4.69) is 4.74 Å². The summed E-state index contributed by atoms with van der Waals surface area (Å²) in [4.78, 5) is 56.4. The Labute approximate surface area is 222 Å². The van der Waals surface area contributed by atoms with Crippen LogP contribution in [0.1, 0.15) is 13.8 Å². The van der Waals surface area contributed by atoms with Gasteiger partial charge in [0.2, 0.25) is 19.8 Å². The fourth-order valence-corrected chi connectivity index (χ4v) is 6.79. The Hall–Kier alpha value is -2.22. The lowest BCUT2D eigenvalue weighted by atomic mass is 10.2. The molecule has 0 spiro atoms. The van der Waals surface area contributed by atoms with Gasteiger partial charge >= 0.3 is 17.2 Å². The third-order valence-corrected chi connectivity index (χ3v) is 11.2. The molecule has 0 aliphatic rings. The van der Waals surface area contributed by atoms with Crippen molar-refractivity contribution < 1.29 is 47.0 Å². The van der Waals surface area contributed by atoms with Crippen molar-refractivity contribution in [3.05, 3.63) is 60.7 Å². The highest BCUT2D eigenvalue weighted by atomic mass is 35.6. The first kappa shape index (κ1) is 34.8. The lowest BCUT2D eigenvalue weighted by Gasteiger charge is -2.45. The van der Waals surface area contributed by atoms with Crippen LogP contribution in [-0.2, 0) is 13.1 Å². The highest BCUT2D eigenvalue weighted by Gasteiger charge is 2.60. The zero-order valence-electron chi connectivity index (χ0n) is 18.0. The Kier molecular flexibility index (Phi) is 11.8. The summed E-state index contributed by atoms with van der Waals surface area (Å²) in [7, 11) is -4.48. The van der Waals surface area contributed by atoms with Crippen LogP contribution in [0.5, 0.6) is 0 Å². The molecule has 0 aliphatic carbocycles. The van der Waals surface area contributed by atoms with Gasteiger partial charge in [-0.1, -0.05) is 48.8 Å². The van der Waals surface area contributed by atoms with E-state index >= 15 is 0 Å². The molecule has 0 unspecified atom stereocenters. The molecule has 0 bridgehead atoms. The van der Waals surface area contributed by atoms with Crippen molar-refractivity contribution >= 4 is 55.2 Å². The van der Waals surface area contributed by atoms with E-state index in [1.807, 2.05) is 0 Å². The Morgan fingerprint density at radius 1 is 0.703 bits per heavy atom. The first-order chi connectivity index (χ1) is 16.5. The van der Waals surface area contributed by atoms with Gasteiger partial charge in [-0.05, 0) is 10.8 Å². The van der Waals surface area contributed by atoms with E-state index in [1.165, 1.54) is 0 Å². The fourth-order valence-electron chi connectivity index (χ4n) is 1.47. The maximum atomic E-state index is 13.9. The van der Waals surface area contributed by atoms with Crippen molar-refractivity contribution in [3.8, 4) is 0 Å². The van der Waals surface area contributed by atoms with Crippen molar-refractivity contribution in [1.29, 1.82) is 0 Å². The molecule has 0 aromatic rings. The van der Waals surface area contributed by atoms with Crippen molar-refractivity contribution in [2.75, 3.05) is 25.8 Å². The number of ether oxygens (including phenoxy) is 1. The van der Waals surface area contributed by atoms with E-state index in [1.54, 1.807) is 0 Å². The zero-order valence-corrected chi connectivity index (χ0v) is 21.9.